The Balaban J connectivity index is 2.10. The van der Waals surface area contributed by atoms with Gasteiger partial charge in [0.1, 0.15) is 0 Å². The van der Waals surface area contributed by atoms with Crippen molar-refractivity contribution in [3.63, 3.8) is 0 Å². The van der Waals surface area contributed by atoms with E-state index in [4.69, 9.17) is 31.5 Å². The number of hydrogen-bond donors (Lipinski definition) is 3. The molecule has 0 bridgehead atoms. The van der Waals surface area contributed by atoms with Crippen molar-refractivity contribution in [2.24, 2.45) is 0 Å². The van der Waals surface area contributed by atoms with E-state index in [0.29, 0.717) is 40.1 Å². The maximum absolute atomic E-state index is 13.0. The van der Waals surface area contributed by atoms with E-state index in [0.717, 1.165) is 5.56 Å². The van der Waals surface area contributed by atoms with E-state index < -0.39 is 24.6 Å². The van der Waals surface area contributed by atoms with Gasteiger partial charge >= 0.3 is 11.9 Å². The Morgan fingerprint density at radius 2 is 1.78 bits per heavy atom. The molecule has 8 nitrogen and oxygen atoms in total. The van der Waals surface area contributed by atoms with Gasteiger partial charge in [0.2, 0.25) is 0 Å². The number of aliphatic carboxylic acids is 1. The largest absolute Gasteiger partial charge is 0.490 e. The Morgan fingerprint density at radius 3 is 2.44 bits per heavy atom. The Labute approximate surface area is 191 Å². The van der Waals surface area contributed by atoms with Gasteiger partial charge in [-0.15, -0.1) is 0 Å². The normalized spacial score (nSPS) is 15.4. The summed E-state index contributed by atoms with van der Waals surface area (Å²) in [5.74, 6) is -0.925. The molecule has 168 valence electrons. The number of carboxylic acid groups (broad SMARTS) is 1. The van der Waals surface area contributed by atoms with Crippen molar-refractivity contribution >= 4 is 35.0 Å². The highest BCUT2D eigenvalue weighted by Crippen LogP contribution is 2.36. The molecule has 2 aromatic rings. The zero-order valence-corrected chi connectivity index (χ0v) is 18.5. The van der Waals surface area contributed by atoms with Crippen LogP contribution in [-0.4, -0.2) is 42.0 Å². The summed E-state index contributed by atoms with van der Waals surface area (Å²) in [4.78, 5) is 23.9. The van der Waals surface area contributed by atoms with Crippen molar-refractivity contribution in [1.82, 2.24) is 10.6 Å². The number of carbonyl (C=O) groups is 2. The standard InChI is InChI=1S/C23H24N2O6S/c1-3-29-17-12-15(10-11-16(17)31-13-18(26)27)21-19(22(28)30-4-2)20(24-23(32)25-21)14-8-6-5-7-9-14/h5-12,21H,3-4,13H2,1-2H3,(H,26,27)(H2,24,25,32)/t21-/m1/s1. The second kappa shape index (κ2) is 10.6. The molecular weight excluding hydrogens is 432 g/mol. The summed E-state index contributed by atoms with van der Waals surface area (Å²) in [7, 11) is 0. The fourth-order valence-electron chi connectivity index (χ4n) is 3.31. The maximum Gasteiger partial charge on any atom is 0.341 e. The quantitative estimate of drug-likeness (QED) is 0.388. The van der Waals surface area contributed by atoms with E-state index in [2.05, 4.69) is 10.6 Å². The number of ether oxygens (including phenoxy) is 3. The summed E-state index contributed by atoms with van der Waals surface area (Å²) in [6.07, 6.45) is 0. The number of carbonyl (C=O) groups excluding carboxylic acids is 1. The predicted octanol–water partition coefficient (Wildman–Crippen LogP) is 3.04. The lowest BCUT2D eigenvalue weighted by atomic mass is 9.92. The van der Waals surface area contributed by atoms with Crippen molar-refractivity contribution in [3.05, 3.63) is 65.2 Å². The fourth-order valence-corrected chi connectivity index (χ4v) is 3.53. The first kappa shape index (κ1) is 23.1. The van der Waals surface area contributed by atoms with Crippen LogP contribution in [0.25, 0.3) is 5.70 Å². The molecule has 0 saturated carbocycles. The maximum atomic E-state index is 13.0. The summed E-state index contributed by atoms with van der Waals surface area (Å²) in [6, 6.07) is 13.8. The Hall–Kier alpha value is -3.59. The zero-order chi connectivity index (χ0) is 23.1. The summed E-state index contributed by atoms with van der Waals surface area (Å²) in [5.41, 5.74) is 2.39. The number of thiocarbonyl (C=S) groups is 1. The van der Waals surface area contributed by atoms with E-state index in [1.54, 1.807) is 25.1 Å². The molecule has 1 atom stereocenters. The second-order valence-electron chi connectivity index (χ2n) is 6.73. The predicted molar refractivity (Wildman–Crippen MR) is 122 cm³/mol. The minimum atomic E-state index is -1.10. The van der Waals surface area contributed by atoms with Crippen molar-refractivity contribution < 1.29 is 28.9 Å². The van der Waals surface area contributed by atoms with Crippen LogP contribution in [0.4, 0.5) is 0 Å². The molecular formula is C23H24N2O6S. The molecule has 1 aliphatic heterocycles. The van der Waals surface area contributed by atoms with E-state index >= 15 is 0 Å². The van der Waals surface area contributed by atoms with Gasteiger partial charge in [0.25, 0.3) is 0 Å². The highest BCUT2D eigenvalue weighted by molar-refractivity contribution is 7.80. The molecule has 0 fully saturated rings. The monoisotopic (exact) mass is 456 g/mol. The molecule has 0 aliphatic carbocycles. The molecule has 3 N–H and O–H groups in total. The van der Waals surface area contributed by atoms with Crippen LogP contribution in [0, 0.1) is 0 Å². The topological polar surface area (TPSA) is 106 Å². The smallest absolute Gasteiger partial charge is 0.341 e. The SMILES string of the molecule is CCOC(=O)C1=C(c2ccccc2)NC(=S)N[C@@H]1c1ccc(OCC(=O)O)c(OCC)c1. The molecule has 0 amide bonds. The first-order valence-corrected chi connectivity index (χ1v) is 10.5. The third-order valence-electron chi connectivity index (χ3n) is 4.58. The number of esters is 1. The molecule has 1 aliphatic rings. The van der Waals surface area contributed by atoms with Crippen LogP contribution in [0.15, 0.2) is 54.1 Å². The zero-order valence-electron chi connectivity index (χ0n) is 17.7. The average molecular weight is 457 g/mol. The van der Waals surface area contributed by atoms with Crippen LogP contribution < -0.4 is 20.1 Å². The highest BCUT2D eigenvalue weighted by Gasteiger charge is 2.33. The molecule has 0 radical (unpaired) electrons. The number of carboxylic acids is 1. The Morgan fingerprint density at radius 1 is 1.03 bits per heavy atom. The Kier molecular flexibility index (Phi) is 7.67. The first-order chi connectivity index (χ1) is 15.4. The van der Waals surface area contributed by atoms with Gasteiger partial charge in [-0.25, -0.2) is 9.59 Å². The van der Waals surface area contributed by atoms with Gasteiger partial charge in [0.15, 0.2) is 23.2 Å². The van der Waals surface area contributed by atoms with Gasteiger partial charge in [0.05, 0.1) is 30.5 Å². The molecule has 0 spiro atoms. The summed E-state index contributed by atoms with van der Waals surface area (Å²) in [5, 5.41) is 15.5. The molecule has 32 heavy (non-hydrogen) atoms. The molecule has 1 heterocycles. The summed E-state index contributed by atoms with van der Waals surface area (Å²) in [6.45, 7) is 3.62. The molecule has 3 rings (SSSR count). The average Bonchev–Trinajstić information content (AvgIpc) is 2.78. The van der Waals surface area contributed by atoms with Gasteiger partial charge < -0.3 is 30.0 Å². The van der Waals surface area contributed by atoms with E-state index in [1.807, 2.05) is 37.3 Å². The molecule has 0 saturated heterocycles. The van der Waals surface area contributed by atoms with Crippen LogP contribution in [-0.2, 0) is 14.3 Å². The second-order valence-corrected chi connectivity index (χ2v) is 7.14. The Bertz CT molecular complexity index is 1040. The molecule has 0 unspecified atom stereocenters. The lowest BCUT2D eigenvalue weighted by molar-refractivity contribution is -0.140. The van der Waals surface area contributed by atoms with Crippen molar-refractivity contribution in [3.8, 4) is 11.5 Å². The van der Waals surface area contributed by atoms with Crippen LogP contribution in [0.2, 0.25) is 0 Å². The van der Waals surface area contributed by atoms with Gasteiger partial charge in [-0.05, 0) is 49.3 Å². The van der Waals surface area contributed by atoms with Gasteiger partial charge in [-0.1, -0.05) is 36.4 Å². The van der Waals surface area contributed by atoms with Crippen LogP contribution in [0.3, 0.4) is 0 Å². The lowest BCUT2D eigenvalue weighted by Gasteiger charge is -2.31. The van der Waals surface area contributed by atoms with E-state index in [1.165, 1.54) is 0 Å². The van der Waals surface area contributed by atoms with Crippen molar-refractivity contribution in [2.75, 3.05) is 19.8 Å². The van der Waals surface area contributed by atoms with Gasteiger partial charge in [0, 0.05) is 0 Å². The minimum absolute atomic E-state index is 0.216. The van der Waals surface area contributed by atoms with Crippen molar-refractivity contribution in [1.29, 1.82) is 0 Å². The van der Waals surface area contributed by atoms with Crippen LogP contribution in [0.5, 0.6) is 11.5 Å². The lowest BCUT2D eigenvalue weighted by Crippen LogP contribution is -2.45. The number of nitrogens with one attached hydrogen (secondary N) is 2. The molecule has 9 heteroatoms. The highest BCUT2D eigenvalue weighted by atomic mass is 32.1. The van der Waals surface area contributed by atoms with Crippen molar-refractivity contribution in [2.45, 2.75) is 19.9 Å². The third-order valence-corrected chi connectivity index (χ3v) is 4.80. The number of rotatable bonds is 9. The molecule has 2 aromatic carbocycles. The van der Waals surface area contributed by atoms with Gasteiger partial charge in [-0.3, -0.25) is 0 Å². The first-order valence-electron chi connectivity index (χ1n) is 10.1. The summed E-state index contributed by atoms with van der Waals surface area (Å²) < 4.78 is 16.3. The number of hydrogen-bond acceptors (Lipinski definition) is 6. The van der Waals surface area contributed by atoms with Crippen LogP contribution in [0.1, 0.15) is 31.0 Å². The van der Waals surface area contributed by atoms with Crippen LogP contribution >= 0.6 is 12.2 Å². The van der Waals surface area contributed by atoms with E-state index in [9.17, 15) is 9.59 Å². The molecule has 0 aromatic heterocycles. The third kappa shape index (κ3) is 5.36. The fraction of sp³-hybridized carbons (Fsp3) is 0.261. The van der Waals surface area contributed by atoms with E-state index in [-0.39, 0.29) is 6.61 Å². The summed E-state index contributed by atoms with van der Waals surface area (Å²) >= 11 is 5.41. The number of benzene rings is 2. The minimum Gasteiger partial charge on any atom is -0.490 e. The van der Waals surface area contributed by atoms with Gasteiger partial charge in [-0.2, -0.15) is 0 Å².